The standard InChI is InChI=1S/C14H26N4O/c1-10(2)14-16-15-13(17(14)4)8-18-11(3)6-5-7-12(18)9-19/h10-12,19H,5-9H2,1-4H3. The quantitative estimate of drug-likeness (QED) is 0.901. The van der Waals surface area contributed by atoms with Gasteiger partial charge in [0.05, 0.1) is 13.2 Å². The van der Waals surface area contributed by atoms with Crippen LogP contribution < -0.4 is 0 Å². The van der Waals surface area contributed by atoms with Crippen molar-refractivity contribution in [3.63, 3.8) is 0 Å². The Hall–Kier alpha value is -0.940. The number of aliphatic hydroxyl groups is 1. The number of nitrogens with zero attached hydrogens (tertiary/aromatic N) is 4. The summed E-state index contributed by atoms with van der Waals surface area (Å²) in [5, 5.41) is 18.1. The lowest BCUT2D eigenvalue weighted by molar-refractivity contribution is 0.0423. The molecule has 1 N–H and O–H groups in total. The van der Waals surface area contributed by atoms with Crippen molar-refractivity contribution in [1.29, 1.82) is 0 Å². The van der Waals surface area contributed by atoms with Crippen LogP contribution in [0.1, 0.15) is 57.6 Å². The largest absolute Gasteiger partial charge is 0.395 e. The van der Waals surface area contributed by atoms with Crippen molar-refractivity contribution < 1.29 is 5.11 Å². The Morgan fingerprint density at radius 1 is 1.32 bits per heavy atom. The molecule has 1 saturated heterocycles. The second kappa shape index (κ2) is 6.01. The van der Waals surface area contributed by atoms with Crippen LogP contribution in [0.4, 0.5) is 0 Å². The Morgan fingerprint density at radius 2 is 2.05 bits per heavy atom. The molecule has 2 unspecified atom stereocenters. The zero-order valence-electron chi connectivity index (χ0n) is 12.5. The summed E-state index contributed by atoms with van der Waals surface area (Å²) in [7, 11) is 2.03. The fraction of sp³-hybridized carbons (Fsp3) is 0.857. The van der Waals surface area contributed by atoms with E-state index in [9.17, 15) is 5.11 Å². The first-order valence-electron chi connectivity index (χ1n) is 7.29. The first-order valence-corrected chi connectivity index (χ1v) is 7.29. The maximum atomic E-state index is 9.54. The molecule has 5 nitrogen and oxygen atoms in total. The summed E-state index contributed by atoms with van der Waals surface area (Å²) in [4.78, 5) is 2.37. The molecule has 1 fully saturated rings. The van der Waals surface area contributed by atoms with Gasteiger partial charge in [0.1, 0.15) is 11.6 Å². The fourth-order valence-electron chi connectivity index (χ4n) is 3.00. The summed E-state index contributed by atoms with van der Waals surface area (Å²) in [5.41, 5.74) is 0. The molecule has 0 aliphatic carbocycles. The molecule has 2 heterocycles. The third-order valence-corrected chi connectivity index (χ3v) is 4.24. The molecule has 19 heavy (non-hydrogen) atoms. The molecule has 2 rings (SSSR count). The molecule has 5 heteroatoms. The topological polar surface area (TPSA) is 54.2 Å². The molecule has 0 amide bonds. The fourth-order valence-corrected chi connectivity index (χ4v) is 3.00. The van der Waals surface area contributed by atoms with Gasteiger partial charge >= 0.3 is 0 Å². The highest BCUT2D eigenvalue weighted by Gasteiger charge is 2.28. The predicted molar refractivity (Wildman–Crippen MR) is 74.8 cm³/mol. The van der Waals surface area contributed by atoms with E-state index in [4.69, 9.17) is 0 Å². The van der Waals surface area contributed by atoms with Crippen LogP contribution in [0.25, 0.3) is 0 Å². The summed E-state index contributed by atoms with van der Waals surface area (Å²) in [5.74, 6) is 2.41. The molecular formula is C14H26N4O. The summed E-state index contributed by atoms with van der Waals surface area (Å²) in [6, 6.07) is 0.771. The van der Waals surface area contributed by atoms with Gasteiger partial charge in [-0.2, -0.15) is 0 Å². The van der Waals surface area contributed by atoms with Gasteiger partial charge in [0.25, 0.3) is 0 Å². The summed E-state index contributed by atoms with van der Waals surface area (Å²) < 4.78 is 2.10. The Morgan fingerprint density at radius 3 is 2.63 bits per heavy atom. The maximum absolute atomic E-state index is 9.54. The molecular weight excluding hydrogens is 240 g/mol. The summed E-state index contributed by atoms with van der Waals surface area (Å²) >= 11 is 0. The van der Waals surface area contributed by atoms with E-state index >= 15 is 0 Å². The average Bonchev–Trinajstić information content (AvgIpc) is 2.73. The van der Waals surface area contributed by atoms with E-state index in [2.05, 4.69) is 40.4 Å². The SMILES string of the molecule is CC(C)c1nnc(CN2C(C)CCCC2CO)n1C. The van der Waals surface area contributed by atoms with Gasteiger partial charge in [-0.05, 0) is 19.8 Å². The van der Waals surface area contributed by atoms with Crippen LogP contribution >= 0.6 is 0 Å². The first kappa shape index (κ1) is 14.5. The minimum absolute atomic E-state index is 0.235. The van der Waals surface area contributed by atoms with E-state index in [1.165, 1.54) is 12.8 Å². The Kier molecular flexibility index (Phi) is 4.58. The summed E-state index contributed by atoms with van der Waals surface area (Å²) in [6.07, 6.45) is 3.49. The van der Waals surface area contributed by atoms with E-state index in [-0.39, 0.29) is 12.6 Å². The number of aromatic nitrogens is 3. The first-order chi connectivity index (χ1) is 9.04. The Bertz CT molecular complexity index is 416. The van der Waals surface area contributed by atoms with Crippen molar-refractivity contribution in [2.45, 2.75) is 64.6 Å². The molecule has 0 radical (unpaired) electrons. The minimum Gasteiger partial charge on any atom is -0.395 e. The number of likely N-dealkylation sites (tertiary alicyclic amines) is 1. The van der Waals surface area contributed by atoms with Crippen molar-refractivity contribution in [3.8, 4) is 0 Å². The van der Waals surface area contributed by atoms with Gasteiger partial charge in [-0.15, -0.1) is 10.2 Å². The molecule has 0 spiro atoms. The van der Waals surface area contributed by atoms with Gasteiger partial charge in [0, 0.05) is 25.0 Å². The normalized spacial score (nSPS) is 25.2. The highest BCUT2D eigenvalue weighted by molar-refractivity contribution is 5.00. The van der Waals surface area contributed by atoms with Crippen LogP contribution in [0.15, 0.2) is 0 Å². The van der Waals surface area contributed by atoms with Crippen LogP contribution in [0.3, 0.4) is 0 Å². The lowest BCUT2D eigenvalue weighted by atomic mass is 9.97. The molecule has 0 saturated carbocycles. The van der Waals surface area contributed by atoms with Crippen molar-refractivity contribution >= 4 is 0 Å². The minimum atomic E-state index is 0.235. The van der Waals surface area contributed by atoms with Gasteiger partial charge in [0.15, 0.2) is 0 Å². The average molecular weight is 266 g/mol. The lowest BCUT2D eigenvalue weighted by Crippen LogP contribution is -2.46. The van der Waals surface area contributed by atoms with E-state index < -0.39 is 0 Å². The molecule has 0 bridgehead atoms. The number of piperidine rings is 1. The van der Waals surface area contributed by atoms with Gasteiger partial charge in [-0.1, -0.05) is 20.3 Å². The zero-order valence-corrected chi connectivity index (χ0v) is 12.5. The van der Waals surface area contributed by atoms with Crippen LogP contribution in [-0.4, -0.2) is 43.5 Å². The third kappa shape index (κ3) is 2.98. The van der Waals surface area contributed by atoms with Gasteiger partial charge in [0.2, 0.25) is 0 Å². The van der Waals surface area contributed by atoms with E-state index in [1.807, 2.05) is 7.05 Å². The van der Waals surface area contributed by atoms with Crippen molar-refractivity contribution in [2.24, 2.45) is 7.05 Å². The van der Waals surface area contributed by atoms with E-state index in [1.54, 1.807) is 0 Å². The predicted octanol–water partition coefficient (Wildman–Crippen LogP) is 1.67. The van der Waals surface area contributed by atoms with Gasteiger partial charge < -0.3 is 9.67 Å². The van der Waals surface area contributed by atoms with Gasteiger partial charge in [-0.25, -0.2) is 0 Å². The zero-order chi connectivity index (χ0) is 14.0. The van der Waals surface area contributed by atoms with Gasteiger partial charge in [-0.3, -0.25) is 4.90 Å². The Labute approximate surface area is 115 Å². The van der Waals surface area contributed by atoms with Crippen LogP contribution in [0.5, 0.6) is 0 Å². The van der Waals surface area contributed by atoms with E-state index in [0.717, 1.165) is 24.6 Å². The molecule has 108 valence electrons. The second-order valence-electron chi connectivity index (χ2n) is 5.98. The van der Waals surface area contributed by atoms with Crippen molar-refractivity contribution in [2.75, 3.05) is 6.61 Å². The molecule has 2 atom stereocenters. The smallest absolute Gasteiger partial charge is 0.146 e. The Balaban J connectivity index is 2.14. The lowest BCUT2D eigenvalue weighted by Gasteiger charge is -2.39. The van der Waals surface area contributed by atoms with Crippen molar-refractivity contribution in [3.05, 3.63) is 11.6 Å². The third-order valence-electron chi connectivity index (χ3n) is 4.24. The molecule has 1 aliphatic heterocycles. The van der Waals surface area contributed by atoms with Crippen LogP contribution in [-0.2, 0) is 13.6 Å². The number of rotatable bonds is 4. The molecule has 0 aromatic carbocycles. The maximum Gasteiger partial charge on any atom is 0.146 e. The molecule has 1 aliphatic rings. The van der Waals surface area contributed by atoms with E-state index in [0.29, 0.717) is 12.0 Å². The number of hydrogen-bond donors (Lipinski definition) is 1. The van der Waals surface area contributed by atoms with Crippen LogP contribution in [0.2, 0.25) is 0 Å². The monoisotopic (exact) mass is 266 g/mol. The highest BCUT2D eigenvalue weighted by atomic mass is 16.3. The second-order valence-corrected chi connectivity index (χ2v) is 5.98. The van der Waals surface area contributed by atoms with Crippen LogP contribution in [0, 0.1) is 0 Å². The number of hydrogen-bond acceptors (Lipinski definition) is 4. The summed E-state index contributed by atoms with van der Waals surface area (Å²) in [6.45, 7) is 7.52. The molecule has 1 aromatic heterocycles. The highest BCUT2D eigenvalue weighted by Crippen LogP contribution is 2.24. The van der Waals surface area contributed by atoms with Crippen molar-refractivity contribution in [1.82, 2.24) is 19.7 Å². The number of aliphatic hydroxyl groups excluding tert-OH is 1. The molecule has 1 aromatic rings.